The van der Waals surface area contributed by atoms with Crippen molar-refractivity contribution in [3.8, 4) is 16.9 Å². The summed E-state index contributed by atoms with van der Waals surface area (Å²) in [6.07, 6.45) is 0.897. The summed E-state index contributed by atoms with van der Waals surface area (Å²) in [5, 5.41) is 9.19. The molecular formula is C29H32N2O4. The Hall–Kier alpha value is -3.80. The number of nitrogens with zero attached hydrogens (tertiary/aromatic N) is 2. The second-order valence-corrected chi connectivity index (χ2v) is 9.49. The molecule has 35 heavy (non-hydrogen) atoms. The fourth-order valence-corrected chi connectivity index (χ4v) is 4.80. The molecule has 4 rings (SSSR count). The number of methoxy groups -OCH3 is 1. The second kappa shape index (κ2) is 10.2. The molecule has 0 aliphatic carbocycles. The molecule has 0 bridgehead atoms. The number of hydrogen-bond donors (Lipinski definition) is 1. The van der Waals surface area contributed by atoms with Gasteiger partial charge in [0, 0.05) is 19.3 Å². The van der Waals surface area contributed by atoms with Crippen molar-refractivity contribution in [2.45, 2.75) is 32.7 Å². The summed E-state index contributed by atoms with van der Waals surface area (Å²) in [5.41, 5.74) is 4.73. The molecule has 0 aromatic heterocycles. The van der Waals surface area contributed by atoms with Gasteiger partial charge >= 0.3 is 6.09 Å². The van der Waals surface area contributed by atoms with Crippen molar-refractivity contribution in [2.75, 3.05) is 25.6 Å². The fraction of sp³-hybridized carbons (Fsp3) is 0.310. The lowest BCUT2D eigenvalue weighted by atomic mass is 9.74. The van der Waals surface area contributed by atoms with Crippen molar-refractivity contribution in [1.29, 1.82) is 0 Å². The number of benzene rings is 3. The van der Waals surface area contributed by atoms with E-state index in [4.69, 9.17) is 4.74 Å². The van der Waals surface area contributed by atoms with Gasteiger partial charge in [-0.2, -0.15) is 0 Å². The van der Waals surface area contributed by atoms with Gasteiger partial charge in [0.05, 0.1) is 19.1 Å². The maximum atomic E-state index is 13.9. The first-order valence-electron chi connectivity index (χ1n) is 11.9. The van der Waals surface area contributed by atoms with Crippen molar-refractivity contribution in [2.24, 2.45) is 5.41 Å². The third kappa shape index (κ3) is 5.32. The van der Waals surface area contributed by atoms with Crippen molar-refractivity contribution < 1.29 is 19.4 Å². The van der Waals surface area contributed by atoms with Gasteiger partial charge in [-0.05, 0) is 65.8 Å². The van der Waals surface area contributed by atoms with Crippen LogP contribution in [0, 0.1) is 5.41 Å². The molecule has 182 valence electrons. The molecule has 0 saturated heterocycles. The van der Waals surface area contributed by atoms with E-state index in [9.17, 15) is 14.7 Å². The summed E-state index contributed by atoms with van der Waals surface area (Å²) >= 11 is 0. The van der Waals surface area contributed by atoms with Gasteiger partial charge in [0.1, 0.15) is 5.75 Å². The molecule has 1 heterocycles. The Bertz CT molecular complexity index is 1190. The van der Waals surface area contributed by atoms with E-state index in [1.54, 1.807) is 14.2 Å². The molecule has 1 atom stereocenters. The zero-order chi connectivity index (χ0) is 25.0. The third-order valence-corrected chi connectivity index (χ3v) is 6.87. The number of ether oxygens (including phenoxy) is 1. The number of carbonyl (C=O) groups excluding carboxylic acids is 1. The topological polar surface area (TPSA) is 70.1 Å². The molecule has 6 nitrogen and oxygen atoms in total. The van der Waals surface area contributed by atoms with Gasteiger partial charge in [0.25, 0.3) is 0 Å². The van der Waals surface area contributed by atoms with E-state index >= 15 is 0 Å². The van der Waals surface area contributed by atoms with Crippen LogP contribution in [0.3, 0.4) is 0 Å². The van der Waals surface area contributed by atoms with Crippen LogP contribution in [0.15, 0.2) is 72.8 Å². The second-order valence-electron chi connectivity index (χ2n) is 9.49. The maximum absolute atomic E-state index is 13.9. The van der Waals surface area contributed by atoms with E-state index in [1.165, 1.54) is 4.90 Å². The van der Waals surface area contributed by atoms with Crippen LogP contribution in [0.25, 0.3) is 11.1 Å². The quantitative estimate of drug-likeness (QED) is 0.447. The van der Waals surface area contributed by atoms with Gasteiger partial charge in [0.2, 0.25) is 5.91 Å². The van der Waals surface area contributed by atoms with Gasteiger partial charge in [-0.25, -0.2) is 4.79 Å². The number of carbonyl (C=O) groups is 2. The zero-order valence-corrected chi connectivity index (χ0v) is 20.5. The van der Waals surface area contributed by atoms with Gasteiger partial charge in [0.15, 0.2) is 0 Å². The van der Waals surface area contributed by atoms with E-state index in [0.29, 0.717) is 32.4 Å². The average Bonchev–Trinajstić information content (AvgIpc) is 2.87. The van der Waals surface area contributed by atoms with Crippen LogP contribution in [0.1, 0.15) is 30.9 Å². The first-order valence-corrected chi connectivity index (χ1v) is 11.9. The lowest BCUT2D eigenvalue weighted by molar-refractivity contribution is -0.128. The Morgan fingerprint density at radius 2 is 1.77 bits per heavy atom. The van der Waals surface area contributed by atoms with Crippen LogP contribution in [-0.2, 0) is 17.8 Å². The molecule has 2 amide bonds. The molecule has 3 aromatic rings. The van der Waals surface area contributed by atoms with E-state index in [1.807, 2.05) is 54.3 Å². The molecule has 3 aromatic carbocycles. The standard InChI is InChI=1S/C29H32N2O4/c1-29(16-7-17-30(2)28(33)34)19-24-18-23(22-8-5-4-6-9-22)12-15-26(24)31(27(29)32)20-21-10-13-25(35-3)14-11-21/h4-6,8-15,18H,7,16-17,19-20H2,1-3H3,(H,33,34). The minimum Gasteiger partial charge on any atom is -0.497 e. The third-order valence-electron chi connectivity index (χ3n) is 6.87. The zero-order valence-electron chi connectivity index (χ0n) is 20.5. The molecule has 1 unspecified atom stereocenters. The summed E-state index contributed by atoms with van der Waals surface area (Å²) in [7, 11) is 3.20. The Morgan fingerprint density at radius 1 is 1.06 bits per heavy atom. The first kappa shape index (κ1) is 24.3. The van der Waals surface area contributed by atoms with E-state index in [0.717, 1.165) is 33.7 Å². The SMILES string of the molecule is COc1ccc(CN2C(=O)C(C)(CCCN(C)C(=O)O)Cc3cc(-c4ccccc4)ccc32)cc1. The highest BCUT2D eigenvalue weighted by molar-refractivity contribution is 6.00. The van der Waals surface area contributed by atoms with E-state index in [2.05, 4.69) is 30.3 Å². The molecule has 1 aliphatic rings. The lowest BCUT2D eigenvalue weighted by Gasteiger charge is -2.41. The van der Waals surface area contributed by atoms with Crippen molar-refractivity contribution in [3.05, 3.63) is 83.9 Å². The van der Waals surface area contributed by atoms with Crippen LogP contribution < -0.4 is 9.64 Å². The van der Waals surface area contributed by atoms with E-state index < -0.39 is 11.5 Å². The molecule has 0 fully saturated rings. The average molecular weight is 473 g/mol. The summed E-state index contributed by atoms with van der Waals surface area (Å²) in [4.78, 5) is 28.2. The lowest BCUT2D eigenvalue weighted by Crippen LogP contribution is -2.47. The molecule has 1 N–H and O–H groups in total. The Balaban J connectivity index is 1.67. The van der Waals surface area contributed by atoms with Crippen LogP contribution in [0.4, 0.5) is 10.5 Å². The summed E-state index contributed by atoms with van der Waals surface area (Å²) in [5.74, 6) is 0.852. The van der Waals surface area contributed by atoms with Crippen LogP contribution in [-0.4, -0.2) is 42.7 Å². The maximum Gasteiger partial charge on any atom is 0.407 e. The van der Waals surface area contributed by atoms with Crippen molar-refractivity contribution in [3.63, 3.8) is 0 Å². The predicted molar refractivity (Wildman–Crippen MR) is 138 cm³/mol. The Morgan fingerprint density at radius 3 is 2.43 bits per heavy atom. The fourth-order valence-electron chi connectivity index (χ4n) is 4.80. The van der Waals surface area contributed by atoms with Crippen LogP contribution >= 0.6 is 0 Å². The van der Waals surface area contributed by atoms with Crippen molar-refractivity contribution in [1.82, 2.24) is 4.90 Å². The minimum absolute atomic E-state index is 0.0752. The van der Waals surface area contributed by atoms with Gasteiger partial charge in [-0.1, -0.05) is 55.5 Å². The smallest absolute Gasteiger partial charge is 0.407 e. The largest absolute Gasteiger partial charge is 0.497 e. The molecule has 0 radical (unpaired) electrons. The molecule has 1 aliphatic heterocycles. The normalized spacial score (nSPS) is 17.1. The number of rotatable bonds is 8. The molecule has 0 saturated carbocycles. The van der Waals surface area contributed by atoms with Gasteiger partial charge in [-0.3, -0.25) is 4.79 Å². The highest BCUT2D eigenvalue weighted by Crippen LogP contribution is 2.42. The number of fused-ring (bicyclic) bond motifs is 1. The van der Waals surface area contributed by atoms with E-state index in [-0.39, 0.29) is 5.91 Å². The van der Waals surface area contributed by atoms with Gasteiger partial charge in [-0.15, -0.1) is 0 Å². The highest BCUT2D eigenvalue weighted by atomic mass is 16.5. The van der Waals surface area contributed by atoms with Crippen LogP contribution in [0.5, 0.6) is 5.75 Å². The molecule has 6 heteroatoms. The number of amides is 2. The number of anilines is 1. The summed E-state index contributed by atoms with van der Waals surface area (Å²) < 4.78 is 5.28. The highest BCUT2D eigenvalue weighted by Gasteiger charge is 2.42. The predicted octanol–water partition coefficient (Wildman–Crippen LogP) is 5.85. The monoisotopic (exact) mass is 472 g/mol. The molecule has 0 spiro atoms. The van der Waals surface area contributed by atoms with Gasteiger partial charge < -0.3 is 19.6 Å². The summed E-state index contributed by atoms with van der Waals surface area (Å²) in [6.45, 7) is 2.87. The van der Waals surface area contributed by atoms with Crippen molar-refractivity contribution >= 4 is 17.7 Å². The number of carboxylic acid groups (broad SMARTS) is 1. The Labute approximate surface area is 206 Å². The first-order chi connectivity index (χ1) is 16.8. The Kier molecular flexibility index (Phi) is 7.10. The van der Waals surface area contributed by atoms with Crippen LogP contribution in [0.2, 0.25) is 0 Å². The number of hydrogen-bond acceptors (Lipinski definition) is 3. The molecular weight excluding hydrogens is 440 g/mol. The minimum atomic E-state index is -0.955. The summed E-state index contributed by atoms with van der Waals surface area (Å²) in [6, 6.07) is 24.3.